The quantitative estimate of drug-likeness (QED) is 0.0757. The fourth-order valence-corrected chi connectivity index (χ4v) is 6.50. The molecule has 7 rings (SSSR count). The van der Waals surface area contributed by atoms with Crippen molar-refractivity contribution in [2.45, 2.75) is 52.4 Å². The highest BCUT2D eigenvalue weighted by molar-refractivity contribution is 6.01. The first kappa shape index (κ1) is 42.1. The molecular formula is C40H44N18O4. The van der Waals surface area contributed by atoms with Gasteiger partial charge in [0.25, 0.3) is 0 Å². The SMILES string of the molecule is CCCCc1nn(-c2cc(-n3nc(CCCC)c(N=Nc4c(C(=O)OC)c(-c5ccccn5)nn4C)c3N)ncn2)c(N)c1N=Nc1c(C(=O)OC)c(-c2ccccn2)nn1C. The van der Waals surface area contributed by atoms with Crippen LogP contribution >= 0.6 is 0 Å². The molecule has 0 amide bonds. The number of pyridine rings is 2. The van der Waals surface area contributed by atoms with Crippen molar-refractivity contribution in [3.05, 3.63) is 83.7 Å². The van der Waals surface area contributed by atoms with Gasteiger partial charge in [0.1, 0.15) is 28.8 Å². The summed E-state index contributed by atoms with van der Waals surface area (Å²) in [4.78, 5) is 43.8. The third kappa shape index (κ3) is 8.24. The van der Waals surface area contributed by atoms with Crippen molar-refractivity contribution < 1.29 is 19.1 Å². The lowest BCUT2D eigenvalue weighted by molar-refractivity contribution is 0.0593. The molecule has 0 fully saturated rings. The third-order valence-electron chi connectivity index (χ3n) is 9.65. The molecule has 0 saturated heterocycles. The zero-order valence-corrected chi connectivity index (χ0v) is 35.0. The van der Waals surface area contributed by atoms with E-state index in [0.717, 1.165) is 25.7 Å². The molecule has 0 aliphatic rings. The molecule has 0 unspecified atom stereocenters. The van der Waals surface area contributed by atoms with E-state index in [4.69, 9.17) is 31.1 Å². The Kier molecular flexibility index (Phi) is 12.5. The minimum Gasteiger partial charge on any atom is -0.465 e. The van der Waals surface area contributed by atoms with E-state index in [-0.39, 0.29) is 68.8 Å². The summed E-state index contributed by atoms with van der Waals surface area (Å²) < 4.78 is 15.9. The average Bonchev–Trinajstić information content (AvgIpc) is 4.02. The van der Waals surface area contributed by atoms with Gasteiger partial charge >= 0.3 is 11.9 Å². The second-order valence-corrected chi connectivity index (χ2v) is 13.8. The Morgan fingerprint density at radius 1 is 0.629 bits per heavy atom. The number of hydrogen-bond acceptors (Lipinski definition) is 18. The van der Waals surface area contributed by atoms with Crippen LogP contribution in [0.3, 0.4) is 0 Å². The van der Waals surface area contributed by atoms with Gasteiger partial charge in [-0.25, -0.2) is 28.9 Å². The Hall–Kier alpha value is -8.04. The number of carbonyl (C=O) groups is 2. The van der Waals surface area contributed by atoms with Gasteiger partial charge in [0.15, 0.2) is 46.3 Å². The number of unbranched alkanes of at least 4 members (excludes halogenated alkanes) is 2. The minimum atomic E-state index is -0.658. The molecule has 318 valence electrons. The number of nitrogens with zero attached hydrogens (tertiary/aromatic N) is 16. The van der Waals surface area contributed by atoms with E-state index in [2.05, 4.69) is 64.4 Å². The molecule has 4 N–H and O–H groups in total. The highest BCUT2D eigenvalue weighted by atomic mass is 16.5. The Morgan fingerprint density at radius 3 is 1.44 bits per heavy atom. The smallest absolute Gasteiger partial charge is 0.344 e. The van der Waals surface area contributed by atoms with Crippen molar-refractivity contribution in [3.63, 3.8) is 0 Å². The Bertz CT molecular complexity index is 2600. The molecule has 0 spiro atoms. The van der Waals surface area contributed by atoms with E-state index in [1.54, 1.807) is 69.0 Å². The fraction of sp³-hybridized carbons (Fsp3) is 0.300. The highest BCUT2D eigenvalue weighted by Gasteiger charge is 2.28. The molecule has 22 nitrogen and oxygen atoms in total. The third-order valence-corrected chi connectivity index (χ3v) is 9.65. The molecule has 7 heterocycles. The number of ether oxygens (including phenoxy) is 2. The number of aryl methyl sites for hydroxylation is 4. The zero-order chi connectivity index (χ0) is 43.9. The first-order chi connectivity index (χ1) is 30.1. The van der Waals surface area contributed by atoms with Crippen LogP contribution in [0.1, 0.15) is 71.6 Å². The Balaban J connectivity index is 1.27. The maximum absolute atomic E-state index is 13.1. The van der Waals surface area contributed by atoms with Crippen LogP contribution in [-0.4, -0.2) is 85.2 Å². The maximum Gasteiger partial charge on any atom is 0.344 e. The van der Waals surface area contributed by atoms with Crippen LogP contribution in [0.25, 0.3) is 34.4 Å². The topological polar surface area (TPSA) is 277 Å². The lowest BCUT2D eigenvalue weighted by Crippen LogP contribution is -2.09. The molecule has 0 radical (unpaired) electrons. The van der Waals surface area contributed by atoms with E-state index in [9.17, 15) is 9.59 Å². The van der Waals surface area contributed by atoms with E-state index in [0.29, 0.717) is 35.6 Å². The number of aromatic nitrogens is 12. The molecule has 0 aliphatic carbocycles. The maximum atomic E-state index is 13.1. The second kappa shape index (κ2) is 18.5. The van der Waals surface area contributed by atoms with Crippen molar-refractivity contribution in [1.29, 1.82) is 0 Å². The van der Waals surface area contributed by atoms with Crippen molar-refractivity contribution in [2.75, 3.05) is 25.7 Å². The number of carbonyl (C=O) groups excluding carboxylic acids is 2. The average molecular weight is 841 g/mol. The number of rotatable bonds is 16. The van der Waals surface area contributed by atoms with Crippen LogP contribution in [0.5, 0.6) is 0 Å². The summed E-state index contributed by atoms with van der Waals surface area (Å²) in [5.74, 6) is -0.218. The molecule has 0 bridgehead atoms. The summed E-state index contributed by atoms with van der Waals surface area (Å²) in [5.41, 5.74) is 16.9. The van der Waals surface area contributed by atoms with E-state index >= 15 is 0 Å². The van der Waals surface area contributed by atoms with Crippen molar-refractivity contribution >= 4 is 46.6 Å². The van der Waals surface area contributed by atoms with Crippen LogP contribution in [0, 0.1) is 0 Å². The van der Waals surface area contributed by atoms with Crippen LogP contribution in [0.15, 0.2) is 81.6 Å². The summed E-state index contributed by atoms with van der Waals surface area (Å²) in [7, 11) is 5.83. The van der Waals surface area contributed by atoms with E-state index in [1.807, 2.05) is 0 Å². The van der Waals surface area contributed by atoms with Gasteiger partial charge in [-0.2, -0.15) is 29.8 Å². The standard InChI is InChI=1S/C40H44N18O4/c1-7-9-15-25-33(47-49-37-29(39(59)61-5)31(53-55(37)3)23-17-11-13-19-43-23)35(41)57(51-25)27-21-28(46-22-45-27)58-36(42)34(26(52-58)16-10-8-2)48-50-38-30(40(60)62-6)32(54-56(38)4)24-18-12-14-20-44-24/h11-14,17-22H,7-10,15-16,41-42H2,1-6H3. The predicted molar refractivity (Wildman–Crippen MR) is 226 cm³/mol. The monoisotopic (exact) mass is 840 g/mol. The first-order valence-corrected chi connectivity index (χ1v) is 19.6. The first-order valence-electron chi connectivity index (χ1n) is 19.6. The van der Waals surface area contributed by atoms with Gasteiger partial charge < -0.3 is 20.9 Å². The number of methoxy groups -OCH3 is 2. The van der Waals surface area contributed by atoms with Gasteiger partial charge in [-0.1, -0.05) is 38.8 Å². The number of nitrogens with two attached hydrogens (primary N) is 2. The fourth-order valence-electron chi connectivity index (χ4n) is 6.50. The number of azo groups is 2. The molecule has 0 aromatic carbocycles. The number of nitrogen functional groups attached to an aromatic ring is 2. The van der Waals surface area contributed by atoms with Gasteiger partial charge in [-0.3, -0.25) is 9.97 Å². The Morgan fingerprint density at radius 2 is 1.06 bits per heavy atom. The van der Waals surface area contributed by atoms with Gasteiger partial charge in [0.2, 0.25) is 0 Å². The predicted octanol–water partition coefficient (Wildman–Crippen LogP) is 6.69. The number of esters is 2. The largest absolute Gasteiger partial charge is 0.465 e. The van der Waals surface area contributed by atoms with Crippen molar-refractivity contribution in [1.82, 2.24) is 59.1 Å². The minimum absolute atomic E-state index is 0.0893. The number of anilines is 2. The molecule has 0 saturated carbocycles. The van der Waals surface area contributed by atoms with Crippen LogP contribution < -0.4 is 11.5 Å². The van der Waals surface area contributed by atoms with Gasteiger partial charge in [0.05, 0.1) is 37.0 Å². The van der Waals surface area contributed by atoms with Crippen LogP contribution in [0.4, 0.5) is 34.6 Å². The van der Waals surface area contributed by atoms with Crippen LogP contribution in [-0.2, 0) is 36.4 Å². The van der Waals surface area contributed by atoms with Crippen LogP contribution in [0.2, 0.25) is 0 Å². The zero-order valence-electron chi connectivity index (χ0n) is 35.0. The van der Waals surface area contributed by atoms with Gasteiger partial charge in [0, 0.05) is 32.6 Å². The van der Waals surface area contributed by atoms with Crippen molar-refractivity contribution in [2.24, 2.45) is 34.6 Å². The second-order valence-electron chi connectivity index (χ2n) is 13.8. The lowest BCUT2D eigenvalue weighted by Gasteiger charge is -2.06. The van der Waals surface area contributed by atoms with E-state index < -0.39 is 11.9 Å². The molecule has 7 aromatic heterocycles. The highest BCUT2D eigenvalue weighted by Crippen LogP contribution is 2.37. The number of hydrogen-bond donors (Lipinski definition) is 2. The normalized spacial score (nSPS) is 11.6. The Labute approximate surface area is 354 Å². The molecule has 7 aromatic rings. The van der Waals surface area contributed by atoms with Gasteiger partial charge in [-0.05, 0) is 49.9 Å². The molecule has 22 heteroatoms. The molecular weight excluding hydrogens is 797 g/mol. The van der Waals surface area contributed by atoms with Crippen molar-refractivity contribution in [3.8, 4) is 34.4 Å². The molecule has 0 aliphatic heterocycles. The molecule has 62 heavy (non-hydrogen) atoms. The lowest BCUT2D eigenvalue weighted by atomic mass is 10.1. The summed E-state index contributed by atoms with van der Waals surface area (Å²) >= 11 is 0. The molecule has 0 atom stereocenters. The summed E-state index contributed by atoms with van der Waals surface area (Å²) in [6.07, 6.45) is 8.88. The van der Waals surface area contributed by atoms with E-state index in [1.165, 1.54) is 39.3 Å². The summed E-state index contributed by atoms with van der Waals surface area (Å²) in [5, 5.41) is 36.6. The van der Waals surface area contributed by atoms with Gasteiger partial charge in [-0.15, -0.1) is 20.5 Å². The summed E-state index contributed by atoms with van der Waals surface area (Å²) in [6, 6.07) is 12.2. The summed E-state index contributed by atoms with van der Waals surface area (Å²) in [6.45, 7) is 4.11.